The molecule has 0 aromatic carbocycles. The van der Waals surface area contributed by atoms with E-state index in [2.05, 4.69) is 20.0 Å². The van der Waals surface area contributed by atoms with Crippen LogP contribution in [-0.4, -0.2) is 27.8 Å². The van der Waals surface area contributed by atoms with Gasteiger partial charge in [-0.3, -0.25) is 4.79 Å². The molecular weight excluding hydrogens is 220 g/mol. The van der Waals surface area contributed by atoms with E-state index in [-0.39, 0.29) is 5.56 Å². The van der Waals surface area contributed by atoms with Crippen LogP contribution in [0.25, 0.3) is 0 Å². The van der Waals surface area contributed by atoms with Gasteiger partial charge >= 0.3 is 0 Å². The van der Waals surface area contributed by atoms with E-state index in [1.54, 1.807) is 22.9 Å². The molecular formula is C11H14N4O2. The molecule has 2 rings (SSSR count). The van der Waals surface area contributed by atoms with E-state index >= 15 is 0 Å². The van der Waals surface area contributed by atoms with Crippen LogP contribution in [0.3, 0.4) is 0 Å². The minimum atomic E-state index is 0.0208. The largest absolute Gasteiger partial charge is 0.343 e. The fourth-order valence-electron chi connectivity index (χ4n) is 1.47. The third-order valence-electron chi connectivity index (χ3n) is 2.36. The van der Waals surface area contributed by atoms with Gasteiger partial charge in [0.15, 0.2) is 5.82 Å². The number of aromatic nitrogens is 3. The minimum Gasteiger partial charge on any atom is -0.343 e. The van der Waals surface area contributed by atoms with Gasteiger partial charge in [0, 0.05) is 38.3 Å². The monoisotopic (exact) mass is 234 g/mol. The number of hydrogen-bond donors (Lipinski definition) is 1. The lowest BCUT2D eigenvalue weighted by Crippen LogP contribution is -2.27. The predicted octanol–water partition coefficient (Wildman–Crippen LogP) is 0.0636. The minimum absolute atomic E-state index is 0.0208. The van der Waals surface area contributed by atoms with Crippen molar-refractivity contribution >= 4 is 0 Å². The van der Waals surface area contributed by atoms with Crippen LogP contribution in [-0.2, 0) is 13.0 Å². The Hall–Kier alpha value is -1.95. The fraction of sp³-hybridized carbons (Fsp3) is 0.364. The molecule has 0 saturated carbocycles. The first-order valence-electron chi connectivity index (χ1n) is 5.48. The summed E-state index contributed by atoms with van der Waals surface area (Å²) < 4.78 is 6.29. The van der Waals surface area contributed by atoms with E-state index in [1.165, 1.54) is 6.39 Å². The maximum absolute atomic E-state index is 11.4. The molecule has 0 unspecified atom stereocenters. The number of hydrogen-bond acceptors (Lipinski definition) is 5. The zero-order chi connectivity index (χ0) is 11.9. The number of nitrogens with zero attached hydrogens (tertiary/aromatic N) is 3. The van der Waals surface area contributed by atoms with Gasteiger partial charge in [-0.15, -0.1) is 0 Å². The van der Waals surface area contributed by atoms with E-state index in [0.29, 0.717) is 12.4 Å². The molecule has 1 N–H and O–H groups in total. The molecule has 0 fully saturated rings. The van der Waals surface area contributed by atoms with Crippen LogP contribution in [0.2, 0.25) is 0 Å². The topological polar surface area (TPSA) is 73.0 Å². The molecule has 0 aliphatic rings. The van der Waals surface area contributed by atoms with Gasteiger partial charge < -0.3 is 14.4 Å². The Morgan fingerprint density at radius 3 is 3.06 bits per heavy atom. The van der Waals surface area contributed by atoms with Gasteiger partial charge in [-0.05, 0) is 6.07 Å². The van der Waals surface area contributed by atoms with Crippen molar-refractivity contribution in [2.75, 3.05) is 13.1 Å². The van der Waals surface area contributed by atoms with E-state index in [4.69, 9.17) is 0 Å². The van der Waals surface area contributed by atoms with Crippen molar-refractivity contribution in [3.8, 4) is 0 Å². The highest BCUT2D eigenvalue weighted by molar-refractivity contribution is 4.93. The second-order valence-electron chi connectivity index (χ2n) is 3.58. The lowest BCUT2D eigenvalue weighted by Gasteiger charge is -2.05. The fourth-order valence-corrected chi connectivity index (χ4v) is 1.47. The summed E-state index contributed by atoms with van der Waals surface area (Å²) in [6, 6.07) is 5.14. The average Bonchev–Trinajstić information content (AvgIpc) is 2.84. The van der Waals surface area contributed by atoms with Crippen LogP contribution in [0.15, 0.2) is 40.1 Å². The molecule has 6 heteroatoms. The maximum Gasteiger partial charge on any atom is 0.250 e. The second-order valence-corrected chi connectivity index (χ2v) is 3.58. The van der Waals surface area contributed by atoms with Gasteiger partial charge in [-0.1, -0.05) is 11.2 Å². The molecule has 2 heterocycles. The van der Waals surface area contributed by atoms with E-state index in [0.717, 1.165) is 19.5 Å². The van der Waals surface area contributed by atoms with Crippen molar-refractivity contribution in [1.29, 1.82) is 0 Å². The summed E-state index contributed by atoms with van der Waals surface area (Å²) >= 11 is 0. The highest BCUT2D eigenvalue weighted by atomic mass is 16.5. The predicted molar refractivity (Wildman–Crippen MR) is 61.6 cm³/mol. The standard InChI is InChI=1S/C11H14N4O2/c16-11-3-1-2-7-15(11)8-6-12-5-4-10-13-9-17-14-10/h1-3,7,9,12H,4-6,8H2. The summed E-state index contributed by atoms with van der Waals surface area (Å²) in [6.07, 6.45) is 3.82. The SMILES string of the molecule is O=c1ccccn1CCNCCc1ncon1. The summed E-state index contributed by atoms with van der Waals surface area (Å²) in [5, 5.41) is 6.92. The summed E-state index contributed by atoms with van der Waals surface area (Å²) in [5.74, 6) is 0.689. The third kappa shape index (κ3) is 3.53. The Morgan fingerprint density at radius 1 is 1.35 bits per heavy atom. The van der Waals surface area contributed by atoms with Gasteiger partial charge in [0.2, 0.25) is 6.39 Å². The van der Waals surface area contributed by atoms with Gasteiger partial charge in [-0.25, -0.2) is 0 Å². The second kappa shape index (κ2) is 5.95. The highest BCUT2D eigenvalue weighted by Crippen LogP contribution is 1.88. The quantitative estimate of drug-likeness (QED) is 0.716. The van der Waals surface area contributed by atoms with E-state index < -0.39 is 0 Å². The lowest BCUT2D eigenvalue weighted by atomic mass is 10.4. The molecule has 2 aromatic rings. The summed E-state index contributed by atoms with van der Waals surface area (Å²) in [5.41, 5.74) is 0.0208. The number of rotatable bonds is 6. The molecule has 0 bridgehead atoms. The first kappa shape index (κ1) is 11.5. The van der Waals surface area contributed by atoms with Crippen molar-refractivity contribution < 1.29 is 4.52 Å². The molecule has 0 radical (unpaired) electrons. The first-order valence-corrected chi connectivity index (χ1v) is 5.48. The van der Waals surface area contributed by atoms with Crippen LogP contribution in [0.4, 0.5) is 0 Å². The van der Waals surface area contributed by atoms with Gasteiger partial charge in [-0.2, -0.15) is 4.98 Å². The molecule has 0 spiro atoms. The zero-order valence-electron chi connectivity index (χ0n) is 9.37. The molecule has 17 heavy (non-hydrogen) atoms. The molecule has 2 aromatic heterocycles. The molecule has 0 aliphatic carbocycles. The number of nitrogens with one attached hydrogen (secondary N) is 1. The van der Waals surface area contributed by atoms with E-state index in [9.17, 15) is 4.79 Å². The normalized spacial score (nSPS) is 10.6. The molecule has 90 valence electrons. The van der Waals surface area contributed by atoms with Crippen LogP contribution < -0.4 is 10.9 Å². The number of pyridine rings is 1. The molecule has 0 saturated heterocycles. The van der Waals surface area contributed by atoms with E-state index in [1.807, 2.05) is 6.07 Å². The Bertz CT molecular complexity index is 492. The first-order chi connectivity index (χ1) is 8.36. The van der Waals surface area contributed by atoms with Crippen LogP contribution in [0, 0.1) is 0 Å². The van der Waals surface area contributed by atoms with Crippen LogP contribution in [0.1, 0.15) is 5.82 Å². The maximum atomic E-state index is 11.4. The van der Waals surface area contributed by atoms with Crippen molar-refractivity contribution in [3.05, 3.63) is 47.0 Å². The summed E-state index contributed by atoms with van der Waals surface area (Å²) in [7, 11) is 0. The van der Waals surface area contributed by atoms with Crippen molar-refractivity contribution in [3.63, 3.8) is 0 Å². The molecule has 0 aliphatic heterocycles. The Balaban J connectivity index is 1.67. The highest BCUT2D eigenvalue weighted by Gasteiger charge is 1.97. The van der Waals surface area contributed by atoms with Crippen molar-refractivity contribution in [2.45, 2.75) is 13.0 Å². The Morgan fingerprint density at radius 2 is 2.29 bits per heavy atom. The van der Waals surface area contributed by atoms with Crippen molar-refractivity contribution in [2.24, 2.45) is 0 Å². The van der Waals surface area contributed by atoms with Gasteiger partial charge in [0.05, 0.1) is 0 Å². The lowest BCUT2D eigenvalue weighted by molar-refractivity contribution is 0.409. The average molecular weight is 234 g/mol. The van der Waals surface area contributed by atoms with Crippen LogP contribution in [0.5, 0.6) is 0 Å². The zero-order valence-corrected chi connectivity index (χ0v) is 9.37. The third-order valence-corrected chi connectivity index (χ3v) is 2.36. The van der Waals surface area contributed by atoms with Crippen molar-refractivity contribution in [1.82, 2.24) is 20.0 Å². The summed E-state index contributed by atoms with van der Waals surface area (Å²) in [6.45, 7) is 2.16. The molecule has 0 amide bonds. The molecule has 0 atom stereocenters. The smallest absolute Gasteiger partial charge is 0.250 e. The summed E-state index contributed by atoms with van der Waals surface area (Å²) in [4.78, 5) is 15.3. The van der Waals surface area contributed by atoms with Crippen LogP contribution >= 0.6 is 0 Å². The Kier molecular flexibility index (Phi) is 4.04. The van der Waals surface area contributed by atoms with Gasteiger partial charge in [0.1, 0.15) is 0 Å². The van der Waals surface area contributed by atoms with Gasteiger partial charge in [0.25, 0.3) is 5.56 Å². The molecule has 6 nitrogen and oxygen atoms in total. The Labute approximate surface area is 98.3 Å².